The average molecular weight is 334 g/mol. The Labute approximate surface area is 145 Å². The third kappa shape index (κ3) is 4.14. The van der Waals surface area contributed by atoms with Crippen molar-refractivity contribution in [2.45, 2.75) is 13.2 Å². The lowest BCUT2D eigenvalue weighted by Crippen LogP contribution is -2.28. The number of nitrogens with one attached hydrogen (secondary N) is 1. The van der Waals surface area contributed by atoms with Crippen molar-refractivity contribution >= 4 is 22.8 Å². The van der Waals surface area contributed by atoms with Crippen LogP contribution in [0.3, 0.4) is 0 Å². The molecule has 126 valence electrons. The van der Waals surface area contributed by atoms with E-state index in [0.717, 1.165) is 21.9 Å². The number of hydrogen-bond donors (Lipinski definition) is 2. The molecule has 3 aromatic carbocycles. The Morgan fingerprint density at radius 2 is 1.64 bits per heavy atom. The second-order valence-corrected chi connectivity index (χ2v) is 5.63. The molecule has 5 heteroatoms. The number of amides is 2. The number of rotatable bonds is 5. The van der Waals surface area contributed by atoms with Crippen molar-refractivity contribution < 1.29 is 14.3 Å². The Kier molecular flexibility index (Phi) is 4.95. The van der Waals surface area contributed by atoms with Crippen LogP contribution in [0.15, 0.2) is 66.7 Å². The topological polar surface area (TPSA) is 81.4 Å². The van der Waals surface area contributed by atoms with Crippen molar-refractivity contribution in [2.24, 2.45) is 5.73 Å². The fourth-order valence-electron chi connectivity index (χ4n) is 2.59. The van der Waals surface area contributed by atoms with Crippen LogP contribution in [-0.2, 0) is 17.9 Å². The van der Waals surface area contributed by atoms with Crippen molar-refractivity contribution in [1.82, 2.24) is 5.32 Å². The van der Waals surface area contributed by atoms with Crippen molar-refractivity contribution in [1.29, 1.82) is 0 Å². The van der Waals surface area contributed by atoms with Gasteiger partial charge in [0, 0.05) is 6.54 Å². The molecule has 0 spiro atoms. The van der Waals surface area contributed by atoms with Gasteiger partial charge in [-0.15, -0.1) is 0 Å². The number of nitrogens with two attached hydrogens (primary N) is 1. The molecule has 0 aromatic heterocycles. The Bertz CT molecular complexity index is 899. The standard InChI is InChI=1S/C20H18N2O3/c21-20(24)22-12-14-8-10-16(11-9-14)19(23)25-13-17-6-3-5-15-4-1-2-7-18(15)17/h1-11H,12-13H2,(H3,21,22,24). The van der Waals surface area contributed by atoms with Crippen LogP contribution < -0.4 is 11.1 Å². The third-order valence-electron chi connectivity index (χ3n) is 3.90. The highest BCUT2D eigenvalue weighted by Crippen LogP contribution is 2.19. The van der Waals surface area contributed by atoms with Gasteiger partial charge in [-0.25, -0.2) is 9.59 Å². The number of carbonyl (C=O) groups excluding carboxylic acids is 2. The first-order chi connectivity index (χ1) is 12.1. The maximum Gasteiger partial charge on any atom is 0.338 e. The van der Waals surface area contributed by atoms with Gasteiger partial charge in [-0.2, -0.15) is 0 Å². The molecule has 0 aliphatic heterocycles. The van der Waals surface area contributed by atoms with E-state index in [9.17, 15) is 9.59 Å². The van der Waals surface area contributed by atoms with Crippen LogP contribution in [0.1, 0.15) is 21.5 Å². The molecule has 0 saturated heterocycles. The second kappa shape index (κ2) is 7.49. The molecular weight excluding hydrogens is 316 g/mol. The minimum atomic E-state index is -0.585. The van der Waals surface area contributed by atoms with Gasteiger partial charge in [-0.3, -0.25) is 0 Å². The zero-order chi connectivity index (χ0) is 17.6. The van der Waals surface area contributed by atoms with Gasteiger partial charge in [0.1, 0.15) is 6.61 Å². The highest BCUT2D eigenvalue weighted by atomic mass is 16.5. The summed E-state index contributed by atoms with van der Waals surface area (Å²) in [5.41, 5.74) is 7.31. The molecule has 0 unspecified atom stereocenters. The monoisotopic (exact) mass is 334 g/mol. The van der Waals surface area contributed by atoms with Gasteiger partial charge >= 0.3 is 12.0 Å². The molecule has 0 heterocycles. The summed E-state index contributed by atoms with van der Waals surface area (Å²) in [4.78, 5) is 22.9. The minimum absolute atomic E-state index is 0.213. The van der Waals surface area contributed by atoms with Crippen LogP contribution >= 0.6 is 0 Å². The summed E-state index contributed by atoms with van der Waals surface area (Å²) < 4.78 is 5.43. The van der Waals surface area contributed by atoms with E-state index in [2.05, 4.69) is 5.32 Å². The van der Waals surface area contributed by atoms with Gasteiger partial charge in [0.15, 0.2) is 0 Å². The number of urea groups is 1. The minimum Gasteiger partial charge on any atom is -0.457 e. The Morgan fingerprint density at radius 3 is 2.40 bits per heavy atom. The maximum atomic E-state index is 12.2. The number of benzene rings is 3. The lowest BCUT2D eigenvalue weighted by molar-refractivity contribution is 0.0474. The molecule has 0 aliphatic rings. The molecule has 0 saturated carbocycles. The molecule has 0 bridgehead atoms. The van der Waals surface area contributed by atoms with Crippen LogP contribution in [0, 0.1) is 0 Å². The van der Waals surface area contributed by atoms with E-state index in [1.54, 1.807) is 24.3 Å². The average Bonchev–Trinajstić information content (AvgIpc) is 2.64. The Balaban J connectivity index is 1.65. The van der Waals surface area contributed by atoms with E-state index in [1.807, 2.05) is 42.5 Å². The highest BCUT2D eigenvalue weighted by Gasteiger charge is 2.09. The summed E-state index contributed by atoms with van der Waals surface area (Å²) in [7, 11) is 0. The van der Waals surface area contributed by atoms with E-state index < -0.39 is 6.03 Å². The maximum absolute atomic E-state index is 12.2. The van der Waals surface area contributed by atoms with E-state index in [-0.39, 0.29) is 12.6 Å². The predicted octanol–water partition coefficient (Wildman–Crippen LogP) is 3.37. The van der Waals surface area contributed by atoms with Gasteiger partial charge in [-0.1, -0.05) is 54.6 Å². The largest absolute Gasteiger partial charge is 0.457 e. The number of esters is 1. The van der Waals surface area contributed by atoms with E-state index in [1.165, 1.54) is 0 Å². The van der Waals surface area contributed by atoms with Crippen LogP contribution in [0.5, 0.6) is 0 Å². The van der Waals surface area contributed by atoms with Gasteiger partial charge in [0.05, 0.1) is 5.56 Å². The molecular formula is C20H18N2O3. The molecule has 0 aliphatic carbocycles. The number of hydrogen-bond acceptors (Lipinski definition) is 3. The molecule has 2 amide bonds. The summed E-state index contributed by atoms with van der Waals surface area (Å²) in [5, 5.41) is 4.68. The summed E-state index contributed by atoms with van der Waals surface area (Å²) in [5.74, 6) is -0.387. The van der Waals surface area contributed by atoms with Crippen molar-refractivity contribution in [2.75, 3.05) is 0 Å². The summed E-state index contributed by atoms with van der Waals surface area (Å²) in [6.45, 7) is 0.534. The molecule has 0 fully saturated rings. The normalized spacial score (nSPS) is 10.4. The van der Waals surface area contributed by atoms with Crippen LogP contribution in [0.4, 0.5) is 4.79 Å². The summed E-state index contributed by atoms with van der Waals surface area (Å²) >= 11 is 0. The summed E-state index contributed by atoms with van der Waals surface area (Å²) in [6.07, 6.45) is 0. The smallest absolute Gasteiger partial charge is 0.338 e. The van der Waals surface area contributed by atoms with Gasteiger partial charge in [0.2, 0.25) is 0 Å². The first-order valence-corrected chi connectivity index (χ1v) is 7.89. The zero-order valence-corrected chi connectivity index (χ0v) is 13.6. The molecule has 0 radical (unpaired) electrons. The fourth-order valence-corrected chi connectivity index (χ4v) is 2.59. The van der Waals surface area contributed by atoms with Crippen molar-refractivity contribution in [3.05, 3.63) is 83.4 Å². The Morgan fingerprint density at radius 1 is 0.920 bits per heavy atom. The highest BCUT2D eigenvalue weighted by molar-refractivity contribution is 5.90. The number of ether oxygens (including phenoxy) is 1. The number of primary amides is 1. The molecule has 0 atom stereocenters. The number of carbonyl (C=O) groups is 2. The molecule has 3 N–H and O–H groups in total. The molecule has 5 nitrogen and oxygen atoms in total. The fraction of sp³-hybridized carbons (Fsp3) is 0.100. The quantitative estimate of drug-likeness (QED) is 0.702. The van der Waals surface area contributed by atoms with E-state index >= 15 is 0 Å². The van der Waals surface area contributed by atoms with Gasteiger partial charge in [0.25, 0.3) is 0 Å². The molecule has 25 heavy (non-hydrogen) atoms. The SMILES string of the molecule is NC(=O)NCc1ccc(C(=O)OCc2cccc3ccccc23)cc1. The second-order valence-electron chi connectivity index (χ2n) is 5.63. The zero-order valence-electron chi connectivity index (χ0n) is 13.6. The number of fused-ring (bicyclic) bond motifs is 1. The van der Waals surface area contributed by atoms with Gasteiger partial charge < -0.3 is 15.8 Å². The first kappa shape index (κ1) is 16.5. The van der Waals surface area contributed by atoms with Crippen LogP contribution in [0.25, 0.3) is 10.8 Å². The van der Waals surface area contributed by atoms with Crippen molar-refractivity contribution in [3.8, 4) is 0 Å². The van der Waals surface area contributed by atoms with Crippen LogP contribution in [0.2, 0.25) is 0 Å². The van der Waals surface area contributed by atoms with E-state index in [4.69, 9.17) is 10.5 Å². The summed E-state index contributed by atoms with van der Waals surface area (Å²) in [6, 6.07) is 20.2. The van der Waals surface area contributed by atoms with Crippen molar-refractivity contribution in [3.63, 3.8) is 0 Å². The first-order valence-electron chi connectivity index (χ1n) is 7.89. The Hall–Kier alpha value is -3.34. The molecule has 3 rings (SSSR count). The lowest BCUT2D eigenvalue weighted by atomic mass is 10.1. The van der Waals surface area contributed by atoms with E-state index in [0.29, 0.717) is 12.1 Å². The lowest BCUT2D eigenvalue weighted by Gasteiger charge is -2.09. The third-order valence-corrected chi connectivity index (χ3v) is 3.90. The predicted molar refractivity (Wildman–Crippen MR) is 95.9 cm³/mol. The van der Waals surface area contributed by atoms with Gasteiger partial charge in [-0.05, 0) is 34.0 Å². The molecule has 3 aromatic rings. The van der Waals surface area contributed by atoms with Crippen LogP contribution in [-0.4, -0.2) is 12.0 Å².